The first-order valence-corrected chi connectivity index (χ1v) is 12.9. The Morgan fingerprint density at radius 1 is 1.03 bits per heavy atom. The highest BCUT2D eigenvalue weighted by Gasteiger charge is 2.25. The van der Waals surface area contributed by atoms with Crippen molar-refractivity contribution in [3.8, 4) is 0 Å². The number of hydrogen-bond acceptors (Lipinski definition) is 5. The van der Waals surface area contributed by atoms with Crippen LogP contribution in [0.25, 0.3) is 0 Å². The van der Waals surface area contributed by atoms with Crippen molar-refractivity contribution >= 4 is 35.2 Å². The number of carbonyl (C=O) groups is 3. The summed E-state index contributed by atoms with van der Waals surface area (Å²) < 4.78 is 0. The maximum Gasteiger partial charge on any atom is 0.247 e. The van der Waals surface area contributed by atoms with Crippen LogP contribution in [0.4, 0.5) is 5.69 Å². The molecule has 0 saturated carbocycles. The standard InChI is InChI=1S/C27H37N3O4S/c1-19(2)15-22(17-26(32)30(34)18-35-24-12-11-20(3)16-21(24)4)27(33)28-14-13-25(31)29(5)23-9-7-6-8-10-23/h6-12,16,19,22,34H,13-15,17-18H2,1-5H3,(H,28,33)/t22-/m1/s1. The molecule has 0 aliphatic rings. The number of carbonyl (C=O) groups excluding carboxylic acids is 3. The Labute approximate surface area is 212 Å². The number of benzene rings is 2. The molecule has 1 atom stereocenters. The van der Waals surface area contributed by atoms with Crippen LogP contribution in [0.5, 0.6) is 0 Å². The van der Waals surface area contributed by atoms with Crippen LogP contribution in [-0.2, 0) is 14.4 Å². The summed E-state index contributed by atoms with van der Waals surface area (Å²) in [6, 6.07) is 15.3. The maximum atomic E-state index is 12.8. The number of aryl methyl sites for hydroxylation is 2. The van der Waals surface area contributed by atoms with Crippen LogP contribution < -0.4 is 10.2 Å². The number of amides is 3. The third-order valence-corrected chi connectivity index (χ3v) is 6.81. The molecule has 0 radical (unpaired) electrons. The average molecular weight is 500 g/mol. The fraction of sp³-hybridized carbons (Fsp3) is 0.444. The largest absolute Gasteiger partial charge is 0.355 e. The van der Waals surface area contributed by atoms with E-state index in [2.05, 4.69) is 11.4 Å². The lowest BCUT2D eigenvalue weighted by molar-refractivity contribution is -0.163. The molecule has 0 fully saturated rings. The third-order valence-electron chi connectivity index (χ3n) is 5.66. The fourth-order valence-electron chi connectivity index (χ4n) is 3.73. The number of para-hydroxylation sites is 1. The van der Waals surface area contributed by atoms with Gasteiger partial charge >= 0.3 is 0 Å². The number of thioether (sulfide) groups is 1. The molecule has 2 N–H and O–H groups in total. The summed E-state index contributed by atoms with van der Waals surface area (Å²) in [6.07, 6.45) is 0.567. The summed E-state index contributed by atoms with van der Waals surface area (Å²) in [4.78, 5) is 40.5. The highest BCUT2D eigenvalue weighted by atomic mass is 32.2. The SMILES string of the molecule is Cc1ccc(SCN(O)C(=O)C[C@@H](CC(C)C)C(=O)NCCC(=O)N(C)c2ccccc2)c(C)c1. The first-order chi connectivity index (χ1) is 16.6. The normalized spacial score (nSPS) is 11.7. The van der Waals surface area contributed by atoms with Crippen LogP contribution in [0.15, 0.2) is 53.4 Å². The summed E-state index contributed by atoms with van der Waals surface area (Å²) in [7, 11) is 1.70. The Bertz CT molecular complexity index is 997. The van der Waals surface area contributed by atoms with Crippen molar-refractivity contribution in [3.05, 3.63) is 59.7 Å². The number of hydrogen-bond donors (Lipinski definition) is 2. The summed E-state index contributed by atoms with van der Waals surface area (Å²) in [5, 5.41) is 13.8. The van der Waals surface area contributed by atoms with Crippen LogP contribution >= 0.6 is 11.8 Å². The monoisotopic (exact) mass is 499 g/mol. The molecule has 190 valence electrons. The van der Waals surface area contributed by atoms with Gasteiger partial charge < -0.3 is 10.2 Å². The zero-order valence-electron chi connectivity index (χ0n) is 21.3. The van der Waals surface area contributed by atoms with E-state index in [0.717, 1.165) is 21.7 Å². The molecule has 0 unspecified atom stereocenters. The van der Waals surface area contributed by atoms with Gasteiger partial charge in [0.15, 0.2) is 0 Å². The van der Waals surface area contributed by atoms with Crippen LogP contribution in [0.3, 0.4) is 0 Å². The van der Waals surface area contributed by atoms with Crippen molar-refractivity contribution in [2.45, 2.75) is 51.9 Å². The first-order valence-electron chi connectivity index (χ1n) is 11.9. The van der Waals surface area contributed by atoms with Gasteiger partial charge in [-0.2, -0.15) is 0 Å². The lowest BCUT2D eigenvalue weighted by Gasteiger charge is -2.22. The molecule has 3 amide bonds. The molecule has 2 aromatic rings. The number of anilines is 1. The lowest BCUT2D eigenvalue weighted by Crippen LogP contribution is -2.38. The van der Waals surface area contributed by atoms with Gasteiger partial charge in [0.2, 0.25) is 17.7 Å². The first kappa shape index (κ1) is 28.4. The van der Waals surface area contributed by atoms with E-state index in [1.165, 1.54) is 11.8 Å². The molecule has 0 aromatic heterocycles. The molecule has 0 heterocycles. The fourth-order valence-corrected chi connectivity index (χ4v) is 4.59. The second-order valence-electron chi connectivity index (χ2n) is 9.20. The van der Waals surface area contributed by atoms with E-state index in [0.29, 0.717) is 11.5 Å². The van der Waals surface area contributed by atoms with Gasteiger partial charge in [0.25, 0.3) is 0 Å². The number of nitrogens with one attached hydrogen (secondary N) is 1. The van der Waals surface area contributed by atoms with Gasteiger partial charge in [0, 0.05) is 42.9 Å². The zero-order chi connectivity index (χ0) is 26.0. The highest BCUT2D eigenvalue weighted by molar-refractivity contribution is 7.99. The summed E-state index contributed by atoms with van der Waals surface area (Å²) in [6.45, 7) is 8.15. The molecule has 0 bridgehead atoms. The van der Waals surface area contributed by atoms with E-state index in [9.17, 15) is 19.6 Å². The Hall–Kier alpha value is -2.84. The van der Waals surface area contributed by atoms with E-state index in [4.69, 9.17) is 0 Å². The second kappa shape index (κ2) is 13.9. The van der Waals surface area contributed by atoms with E-state index < -0.39 is 11.8 Å². The topological polar surface area (TPSA) is 90.0 Å². The van der Waals surface area contributed by atoms with Gasteiger partial charge in [0.05, 0.1) is 5.88 Å². The van der Waals surface area contributed by atoms with Crippen molar-refractivity contribution in [1.82, 2.24) is 10.4 Å². The molecule has 0 spiro atoms. The zero-order valence-corrected chi connectivity index (χ0v) is 22.1. The highest BCUT2D eigenvalue weighted by Crippen LogP contribution is 2.24. The van der Waals surface area contributed by atoms with Crippen LogP contribution in [-0.4, -0.2) is 47.5 Å². The van der Waals surface area contributed by atoms with Crippen LogP contribution in [0, 0.1) is 25.7 Å². The maximum absolute atomic E-state index is 12.8. The molecule has 2 aromatic carbocycles. The quantitative estimate of drug-likeness (QED) is 0.190. The number of rotatable bonds is 12. The molecule has 7 nitrogen and oxygen atoms in total. The van der Waals surface area contributed by atoms with Crippen molar-refractivity contribution < 1.29 is 19.6 Å². The molecule has 35 heavy (non-hydrogen) atoms. The van der Waals surface area contributed by atoms with Gasteiger partial charge in [-0.3, -0.25) is 19.6 Å². The van der Waals surface area contributed by atoms with Gasteiger partial charge in [-0.15, -0.1) is 11.8 Å². The molecule has 0 aliphatic heterocycles. The Kier molecular flexibility index (Phi) is 11.3. The van der Waals surface area contributed by atoms with E-state index in [1.807, 2.05) is 70.2 Å². The molecular formula is C27H37N3O4S. The number of nitrogens with zero attached hydrogens (tertiary/aromatic N) is 2. The molecule has 0 saturated heterocycles. The predicted molar refractivity (Wildman–Crippen MR) is 140 cm³/mol. The Morgan fingerprint density at radius 3 is 2.34 bits per heavy atom. The van der Waals surface area contributed by atoms with Gasteiger partial charge in [-0.25, -0.2) is 5.06 Å². The molecule has 8 heteroatoms. The third kappa shape index (κ3) is 9.38. The minimum atomic E-state index is -0.579. The lowest BCUT2D eigenvalue weighted by atomic mass is 9.93. The number of hydroxylamine groups is 2. The minimum Gasteiger partial charge on any atom is -0.355 e. The van der Waals surface area contributed by atoms with Gasteiger partial charge in [0.1, 0.15) is 0 Å². The predicted octanol–water partition coefficient (Wildman–Crippen LogP) is 4.79. The van der Waals surface area contributed by atoms with Crippen LogP contribution in [0.2, 0.25) is 0 Å². The molecule has 0 aliphatic carbocycles. The summed E-state index contributed by atoms with van der Waals surface area (Å²) >= 11 is 1.37. The molecular weight excluding hydrogens is 462 g/mol. The van der Waals surface area contributed by atoms with Crippen LogP contribution in [0.1, 0.15) is 44.2 Å². The van der Waals surface area contributed by atoms with Crippen molar-refractivity contribution in [2.24, 2.45) is 11.8 Å². The summed E-state index contributed by atoms with van der Waals surface area (Å²) in [5.41, 5.74) is 3.02. The summed E-state index contributed by atoms with van der Waals surface area (Å²) in [5.74, 6) is -1.19. The second-order valence-corrected chi connectivity index (χ2v) is 10.2. The van der Waals surface area contributed by atoms with E-state index in [-0.39, 0.29) is 43.0 Å². The van der Waals surface area contributed by atoms with E-state index >= 15 is 0 Å². The smallest absolute Gasteiger partial charge is 0.247 e. The Morgan fingerprint density at radius 2 is 1.71 bits per heavy atom. The molecule has 2 rings (SSSR count). The van der Waals surface area contributed by atoms with Gasteiger partial charge in [-0.1, -0.05) is 49.7 Å². The minimum absolute atomic E-state index is 0.0824. The van der Waals surface area contributed by atoms with Crippen molar-refractivity contribution in [2.75, 3.05) is 24.4 Å². The average Bonchev–Trinajstić information content (AvgIpc) is 2.82. The Balaban J connectivity index is 1.86. The van der Waals surface area contributed by atoms with Crippen molar-refractivity contribution in [1.29, 1.82) is 0 Å². The van der Waals surface area contributed by atoms with Gasteiger partial charge in [-0.05, 0) is 49.9 Å². The van der Waals surface area contributed by atoms with E-state index in [1.54, 1.807) is 11.9 Å². The van der Waals surface area contributed by atoms with Crippen molar-refractivity contribution in [3.63, 3.8) is 0 Å².